The number of carbonyl (C=O) groups excluding carboxylic acids is 2. The largest absolute Gasteiger partial charge is 0.460 e. The van der Waals surface area contributed by atoms with Gasteiger partial charge in [-0.15, -0.1) is 0 Å². The fraction of sp³-hybridized carbons (Fsp3) is 0.769. The molecule has 5 heteroatoms. The van der Waals surface area contributed by atoms with E-state index in [2.05, 4.69) is 9.89 Å². The van der Waals surface area contributed by atoms with E-state index in [4.69, 9.17) is 5.21 Å². The van der Waals surface area contributed by atoms with Crippen LogP contribution in [-0.2, 0) is 14.3 Å². The van der Waals surface area contributed by atoms with Crippen LogP contribution in [0.25, 0.3) is 0 Å². The molecule has 0 aromatic rings. The minimum absolute atomic E-state index is 0.108. The molecule has 1 fully saturated rings. The van der Waals surface area contributed by atoms with Gasteiger partial charge < -0.3 is 9.94 Å². The Labute approximate surface area is 107 Å². The summed E-state index contributed by atoms with van der Waals surface area (Å²) in [4.78, 5) is 23.2. The summed E-state index contributed by atoms with van der Waals surface area (Å²) < 4.78 is 4.68. The van der Waals surface area contributed by atoms with Crippen molar-refractivity contribution in [2.75, 3.05) is 6.61 Å². The molecule has 0 aromatic carbocycles. The average molecular weight is 255 g/mol. The summed E-state index contributed by atoms with van der Waals surface area (Å²) in [6.45, 7) is 3.42. The molecule has 0 aliphatic heterocycles. The Bertz CT molecular complexity index is 332. The molecule has 18 heavy (non-hydrogen) atoms. The summed E-state index contributed by atoms with van der Waals surface area (Å²) in [6.07, 6.45) is 5.16. The summed E-state index contributed by atoms with van der Waals surface area (Å²) in [5.74, 6) is -2.06. The van der Waals surface area contributed by atoms with E-state index < -0.39 is 17.7 Å². The van der Waals surface area contributed by atoms with Crippen LogP contribution in [0.1, 0.15) is 46.0 Å². The molecule has 0 aromatic heterocycles. The van der Waals surface area contributed by atoms with Gasteiger partial charge >= 0.3 is 5.97 Å². The number of Topliss-reactive ketones (excluding diaryl/α,β-unsaturated/α-hetero) is 1. The van der Waals surface area contributed by atoms with Gasteiger partial charge in [0.2, 0.25) is 5.78 Å². The molecule has 1 unspecified atom stereocenters. The molecule has 0 saturated heterocycles. The standard InChI is InChI=1S/C13H21NO4/c1-3-18-13(16)12(15)9(2)11(14-17)10-7-5-4-6-8-10/h9-10,17H,3-8H2,1-2H3. The van der Waals surface area contributed by atoms with Gasteiger partial charge in [-0.05, 0) is 26.7 Å². The van der Waals surface area contributed by atoms with Crippen molar-refractivity contribution in [3.63, 3.8) is 0 Å². The molecule has 0 bridgehead atoms. The van der Waals surface area contributed by atoms with Crippen LogP contribution in [0.5, 0.6) is 0 Å². The quantitative estimate of drug-likeness (QED) is 0.268. The van der Waals surface area contributed by atoms with E-state index >= 15 is 0 Å². The molecule has 0 spiro atoms. The minimum Gasteiger partial charge on any atom is -0.460 e. The molecular weight excluding hydrogens is 234 g/mol. The topological polar surface area (TPSA) is 76.0 Å². The number of esters is 1. The lowest BCUT2D eigenvalue weighted by Crippen LogP contribution is -2.34. The molecule has 1 rings (SSSR count). The second-order valence-corrected chi connectivity index (χ2v) is 4.67. The van der Waals surface area contributed by atoms with Crippen molar-refractivity contribution in [2.24, 2.45) is 17.0 Å². The first-order chi connectivity index (χ1) is 8.61. The van der Waals surface area contributed by atoms with E-state index in [-0.39, 0.29) is 12.5 Å². The Balaban J connectivity index is 2.69. The molecule has 1 atom stereocenters. The lowest BCUT2D eigenvalue weighted by atomic mass is 9.80. The Morgan fingerprint density at radius 3 is 2.44 bits per heavy atom. The van der Waals surface area contributed by atoms with Crippen LogP contribution >= 0.6 is 0 Å². The Morgan fingerprint density at radius 2 is 1.94 bits per heavy atom. The number of hydrogen-bond donors (Lipinski definition) is 1. The fourth-order valence-corrected chi connectivity index (χ4v) is 2.43. The fourth-order valence-electron chi connectivity index (χ4n) is 2.43. The highest BCUT2D eigenvalue weighted by molar-refractivity contribution is 6.38. The first-order valence-corrected chi connectivity index (χ1v) is 6.54. The first-order valence-electron chi connectivity index (χ1n) is 6.54. The van der Waals surface area contributed by atoms with Crippen molar-refractivity contribution < 1.29 is 19.5 Å². The Kier molecular flexibility index (Phi) is 5.82. The van der Waals surface area contributed by atoms with Crippen LogP contribution in [0.4, 0.5) is 0 Å². The van der Waals surface area contributed by atoms with Crippen LogP contribution in [0.15, 0.2) is 5.16 Å². The summed E-state index contributed by atoms with van der Waals surface area (Å²) in [6, 6.07) is 0. The summed E-state index contributed by atoms with van der Waals surface area (Å²) >= 11 is 0. The highest BCUT2D eigenvalue weighted by atomic mass is 16.5. The van der Waals surface area contributed by atoms with Gasteiger partial charge in [-0.1, -0.05) is 24.4 Å². The second-order valence-electron chi connectivity index (χ2n) is 4.67. The monoisotopic (exact) mass is 255 g/mol. The number of rotatable bonds is 5. The van der Waals surface area contributed by atoms with Crippen LogP contribution in [-0.4, -0.2) is 29.3 Å². The number of oxime groups is 1. The number of ether oxygens (including phenoxy) is 1. The van der Waals surface area contributed by atoms with Gasteiger partial charge in [-0.3, -0.25) is 4.79 Å². The highest BCUT2D eigenvalue weighted by Gasteiger charge is 2.32. The molecular formula is C13H21NO4. The summed E-state index contributed by atoms with van der Waals surface area (Å²) in [5.41, 5.74) is 0.424. The molecule has 1 saturated carbocycles. The van der Waals surface area contributed by atoms with Gasteiger partial charge in [-0.2, -0.15) is 0 Å². The first kappa shape index (κ1) is 14.7. The van der Waals surface area contributed by atoms with Crippen molar-refractivity contribution in [1.82, 2.24) is 0 Å². The minimum atomic E-state index is -0.845. The average Bonchev–Trinajstić information content (AvgIpc) is 2.40. The van der Waals surface area contributed by atoms with Gasteiger partial charge in [0, 0.05) is 5.92 Å². The molecule has 5 nitrogen and oxygen atoms in total. The van der Waals surface area contributed by atoms with Crippen molar-refractivity contribution in [3.05, 3.63) is 0 Å². The van der Waals surface area contributed by atoms with Gasteiger partial charge in [-0.25, -0.2) is 4.79 Å². The molecule has 102 valence electrons. The van der Waals surface area contributed by atoms with E-state index in [9.17, 15) is 9.59 Å². The van der Waals surface area contributed by atoms with Crippen LogP contribution < -0.4 is 0 Å². The van der Waals surface area contributed by atoms with E-state index in [0.717, 1.165) is 25.7 Å². The Morgan fingerprint density at radius 1 is 1.33 bits per heavy atom. The van der Waals surface area contributed by atoms with Gasteiger partial charge in [0.15, 0.2) is 0 Å². The molecule has 1 aliphatic rings. The summed E-state index contributed by atoms with van der Waals surface area (Å²) in [5, 5.41) is 12.4. The normalized spacial score (nSPS) is 19.3. The van der Waals surface area contributed by atoms with Crippen molar-refractivity contribution in [1.29, 1.82) is 0 Å². The molecule has 0 heterocycles. The Hall–Kier alpha value is -1.39. The van der Waals surface area contributed by atoms with Crippen LogP contribution in [0.2, 0.25) is 0 Å². The molecule has 1 aliphatic carbocycles. The third kappa shape index (κ3) is 3.55. The maximum absolute atomic E-state index is 11.8. The van der Waals surface area contributed by atoms with E-state index in [1.54, 1.807) is 13.8 Å². The third-order valence-corrected chi connectivity index (χ3v) is 3.45. The van der Waals surface area contributed by atoms with E-state index in [1.165, 1.54) is 6.42 Å². The number of nitrogens with zero attached hydrogens (tertiary/aromatic N) is 1. The van der Waals surface area contributed by atoms with Gasteiger partial charge in [0.1, 0.15) is 0 Å². The smallest absolute Gasteiger partial charge is 0.375 e. The highest BCUT2D eigenvalue weighted by Crippen LogP contribution is 2.27. The second kappa shape index (κ2) is 7.13. The van der Waals surface area contributed by atoms with E-state index in [1.807, 2.05) is 0 Å². The van der Waals surface area contributed by atoms with Gasteiger partial charge in [0.05, 0.1) is 18.2 Å². The lowest BCUT2D eigenvalue weighted by molar-refractivity contribution is -0.154. The maximum atomic E-state index is 11.8. The lowest BCUT2D eigenvalue weighted by Gasteiger charge is -2.24. The van der Waals surface area contributed by atoms with Gasteiger partial charge in [0.25, 0.3) is 0 Å². The number of carbonyl (C=O) groups is 2. The molecule has 0 radical (unpaired) electrons. The van der Waals surface area contributed by atoms with E-state index in [0.29, 0.717) is 5.71 Å². The zero-order chi connectivity index (χ0) is 13.5. The summed E-state index contributed by atoms with van der Waals surface area (Å²) in [7, 11) is 0. The van der Waals surface area contributed by atoms with Crippen LogP contribution in [0, 0.1) is 11.8 Å². The number of hydrogen-bond acceptors (Lipinski definition) is 5. The van der Waals surface area contributed by atoms with Crippen LogP contribution in [0.3, 0.4) is 0 Å². The maximum Gasteiger partial charge on any atom is 0.375 e. The number of ketones is 1. The molecule has 0 amide bonds. The predicted molar refractivity (Wildman–Crippen MR) is 66.6 cm³/mol. The van der Waals surface area contributed by atoms with Crippen molar-refractivity contribution in [2.45, 2.75) is 46.0 Å². The van der Waals surface area contributed by atoms with Crippen molar-refractivity contribution >= 4 is 17.5 Å². The SMILES string of the molecule is CCOC(=O)C(=O)C(C)C(=NO)C1CCCCC1. The van der Waals surface area contributed by atoms with Crippen molar-refractivity contribution in [3.8, 4) is 0 Å². The predicted octanol–water partition coefficient (Wildman–Crippen LogP) is 2.17. The zero-order valence-corrected chi connectivity index (χ0v) is 11.0. The zero-order valence-electron chi connectivity index (χ0n) is 11.0. The molecule has 1 N–H and O–H groups in total. The third-order valence-electron chi connectivity index (χ3n) is 3.45.